The number of benzene rings is 10. The van der Waals surface area contributed by atoms with E-state index in [1.54, 1.807) is 11.3 Å². The highest BCUT2D eigenvalue weighted by molar-refractivity contribution is 7.26. The van der Waals surface area contributed by atoms with Gasteiger partial charge in [-0.15, -0.1) is 11.3 Å². The van der Waals surface area contributed by atoms with Crippen molar-refractivity contribution in [2.24, 2.45) is 0 Å². The minimum absolute atomic E-state index is 0.223. The van der Waals surface area contributed by atoms with Crippen LogP contribution in [0.3, 0.4) is 0 Å². The van der Waals surface area contributed by atoms with Crippen molar-refractivity contribution in [3.8, 4) is 11.1 Å². The number of nitrogens with zero attached hydrogens (tertiary/aromatic N) is 2. The molecule has 292 valence electrons. The normalized spacial score (nSPS) is 15.3. The Hall–Kier alpha value is -7.72. The first-order valence-corrected chi connectivity index (χ1v) is 21.7. The van der Waals surface area contributed by atoms with E-state index in [1.165, 1.54) is 0 Å². The van der Waals surface area contributed by atoms with E-state index in [0.29, 0.717) is 0 Å². The van der Waals surface area contributed by atoms with Gasteiger partial charge in [0.2, 0.25) is 0 Å². The quantitative estimate of drug-likeness (QED) is 0.151. The highest BCUT2D eigenvalue weighted by Crippen LogP contribution is 2.60. The topological polar surface area (TPSA) is 6.48 Å². The third-order valence-electron chi connectivity index (χ3n) is 12.4. The zero-order valence-corrected chi connectivity index (χ0v) is 34.3. The number of para-hydroxylation sites is 3. The van der Waals surface area contributed by atoms with E-state index in [9.17, 15) is 5.48 Å². The number of anilines is 6. The van der Waals surface area contributed by atoms with Gasteiger partial charge in [0.05, 0.1) is 18.0 Å². The number of fused-ring (bicyclic) bond motifs is 7. The lowest BCUT2D eigenvalue weighted by atomic mass is 9.67. The minimum atomic E-state index is -1.35. The predicted octanol–water partition coefficient (Wildman–Crippen LogP) is 16.5. The van der Waals surface area contributed by atoms with E-state index in [2.05, 4.69) is 174 Å². The van der Waals surface area contributed by atoms with Crippen LogP contribution in [0.1, 0.15) is 29.1 Å². The fourth-order valence-corrected chi connectivity index (χ4v) is 11.0. The van der Waals surface area contributed by atoms with Crippen LogP contribution in [0.25, 0.3) is 42.1 Å². The first-order chi connectivity index (χ1) is 32.8. The van der Waals surface area contributed by atoms with E-state index in [1.807, 2.05) is 48.5 Å². The van der Waals surface area contributed by atoms with Crippen LogP contribution in [0.5, 0.6) is 0 Å². The average Bonchev–Trinajstić information content (AvgIpc) is 3.90. The highest BCUT2D eigenvalue weighted by Gasteiger charge is 2.48. The Morgan fingerprint density at radius 2 is 0.903 bits per heavy atom. The Balaban J connectivity index is 1.23. The maximum atomic E-state index is 9.83. The molecule has 1 aromatic heterocycles. The lowest BCUT2D eigenvalue weighted by molar-refractivity contribution is 0.778. The van der Waals surface area contributed by atoms with E-state index >= 15 is 0 Å². The Labute approximate surface area is 372 Å². The van der Waals surface area contributed by atoms with Crippen LogP contribution in [0, 0.1) is 0 Å². The molecule has 11 aromatic rings. The van der Waals surface area contributed by atoms with Crippen molar-refractivity contribution < 1.29 is 6.85 Å². The van der Waals surface area contributed by atoms with Gasteiger partial charge < -0.3 is 9.80 Å². The number of thiophene rings is 1. The maximum Gasteiger partial charge on any atom is 0.0727 e. The molecule has 0 aliphatic heterocycles. The zero-order chi connectivity index (χ0) is 45.4. The molecule has 0 spiro atoms. The first-order valence-electron chi connectivity index (χ1n) is 23.4. The predicted molar refractivity (Wildman–Crippen MR) is 264 cm³/mol. The molecule has 10 aromatic carbocycles. The molecule has 0 bridgehead atoms. The molecule has 3 heteroatoms. The van der Waals surface area contributed by atoms with Crippen molar-refractivity contribution in [2.75, 3.05) is 9.80 Å². The van der Waals surface area contributed by atoms with E-state index in [0.717, 1.165) is 92.9 Å². The van der Waals surface area contributed by atoms with E-state index < -0.39 is 11.5 Å². The second kappa shape index (κ2) is 14.8. The molecule has 62 heavy (non-hydrogen) atoms. The molecule has 1 aliphatic rings. The molecule has 0 fully saturated rings. The molecule has 12 rings (SSSR count). The van der Waals surface area contributed by atoms with Gasteiger partial charge in [0.25, 0.3) is 0 Å². The summed E-state index contributed by atoms with van der Waals surface area (Å²) in [6.45, 7) is 0. The molecular weight excluding hydrogens is 769 g/mol. The lowest BCUT2D eigenvalue weighted by Crippen LogP contribution is -2.28. The van der Waals surface area contributed by atoms with Crippen LogP contribution in [0.15, 0.2) is 243 Å². The van der Waals surface area contributed by atoms with Crippen LogP contribution in [-0.2, 0) is 5.41 Å². The molecule has 0 amide bonds. The second-order valence-electron chi connectivity index (χ2n) is 15.7. The van der Waals surface area contributed by atoms with Crippen LogP contribution in [0.2, 0.25) is 0 Å². The SMILES string of the molecule is [2H]c1c([2H])c([2H])c(C2(c3cccc4c3sc3ccccc34)c3ccc(N(c4ccccc4)c4ccccc4)cc3-c3cc(N(c4ccccc4)c4cccc5ccccc45)ccc32)c([2H])c1[2H]. The molecule has 0 radical (unpaired) electrons. The van der Waals surface area contributed by atoms with Gasteiger partial charge in [0.15, 0.2) is 0 Å². The third kappa shape index (κ3) is 5.63. The molecule has 2 nitrogen and oxygen atoms in total. The summed E-state index contributed by atoms with van der Waals surface area (Å²) in [6.07, 6.45) is 0. The Morgan fingerprint density at radius 3 is 1.56 bits per heavy atom. The van der Waals surface area contributed by atoms with Crippen molar-refractivity contribution in [1.29, 1.82) is 0 Å². The first kappa shape index (κ1) is 31.2. The molecule has 1 heterocycles. The van der Waals surface area contributed by atoms with Gasteiger partial charge in [0, 0.05) is 54.0 Å². The second-order valence-corrected chi connectivity index (χ2v) is 16.7. The number of rotatable bonds is 8. The van der Waals surface area contributed by atoms with Gasteiger partial charge in [-0.2, -0.15) is 0 Å². The summed E-state index contributed by atoms with van der Waals surface area (Å²) in [4.78, 5) is 4.54. The summed E-state index contributed by atoms with van der Waals surface area (Å²) in [5.74, 6) is 0. The molecule has 1 atom stereocenters. The largest absolute Gasteiger partial charge is 0.310 e. The van der Waals surface area contributed by atoms with Gasteiger partial charge >= 0.3 is 0 Å². The van der Waals surface area contributed by atoms with Crippen LogP contribution in [0.4, 0.5) is 34.1 Å². The molecular formula is C59H40N2S. The number of hydrogen-bond acceptors (Lipinski definition) is 3. The smallest absolute Gasteiger partial charge is 0.0727 e. The highest BCUT2D eigenvalue weighted by atomic mass is 32.1. The van der Waals surface area contributed by atoms with Gasteiger partial charge in [-0.25, -0.2) is 0 Å². The maximum absolute atomic E-state index is 9.83. The average molecular weight is 814 g/mol. The summed E-state index contributed by atoms with van der Waals surface area (Å²) < 4.78 is 48.9. The molecule has 1 aliphatic carbocycles. The zero-order valence-electron chi connectivity index (χ0n) is 38.5. The van der Waals surface area contributed by atoms with Crippen molar-refractivity contribution in [2.45, 2.75) is 5.41 Å². The van der Waals surface area contributed by atoms with Gasteiger partial charge in [-0.1, -0.05) is 170 Å². The Kier molecular flexibility index (Phi) is 7.43. The van der Waals surface area contributed by atoms with Gasteiger partial charge in [-0.05, 0) is 112 Å². The van der Waals surface area contributed by atoms with Crippen molar-refractivity contribution >= 4 is 76.4 Å². The summed E-state index contributed by atoms with van der Waals surface area (Å²) in [5, 5.41) is 4.39. The minimum Gasteiger partial charge on any atom is -0.310 e. The summed E-state index contributed by atoms with van der Waals surface area (Å²) in [7, 11) is 0. The van der Waals surface area contributed by atoms with Crippen molar-refractivity contribution in [3.63, 3.8) is 0 Å². The summed E-state index contributed by atoms with van der Waals surface area (Å²) in [5.41, 5.74) is 9.02. The van der Waals surface area contributed by atoms with Gasteiger partial charge in [-0.3, -0.25) is 0 Å². The third-order valence-corrected chi connectivity index (χ3v) is 13.6. The summed E-state index contributed by atoms with van der Waals surface area (Å²) >= 11 is 1.68. The fourth-order valence-electron chi connectivity index (χ4n) is 9.77. The molecule has 0 N–H and O–H groups in total. The monoisotopic (exact) mass is 813 g/mol. The summed E-state index contributed by atoms with van der Waals surface area (Å²) in [6, 6.07) is 71.9. The van der Waals surface area contributed by atoms with Gasteiger partial charge in [0.1, 0.15) is 0 Å². The molecule has 1 unspecified atom stereocenters. The van der Waals surface area contributed by atoms with E-state index in [4.69, 9.17) is 1.37 Å². The van der Waals surface area contributed by atoms with Crippen LogP contribution >= 0.6 is 11.3 Å². The number of hydrogen-bond donors (Lipinski definition) is 0. The standard InChI is InChI=1S/C59H40N2S/c1-5-21-42(22-6-1)59(55-32-18-31-50-49-30-15-16-34-57(49)62-58(50)55)53-37-35-46(60(43-23-7-2-8-24-43)44-25-9-3-10-26-44)39-51(53)52-40-47(36-38-54(52)59)61(45-27-11-4-12-28-45)56-33-17-20-41-19-13-14-29-48(41)56/h1-40H/i1D,5D,6D,21D,22D. The fraction of sp³-hybridized carbons (Fsp3) is 0.0169. The van der Waals surface area contributed by atoms with Crippen molar-refractivity contribution in [3.05, 3.63) is 265 Å². The molecule has 0 saturated carbocycles. The van der Waals surface area contributed by atoms with E-state index in [-0.39, 0.29) is 29.7 Å². The van der Waals surface area contributed by atoms with Crippen molar-refractivity contribution in [1.82, 2.24) is 0 Å². The molecule has 0 saturated heterocycles. The Morgan fingerprint density at radius 1 is 0.387 bits per heavy atom. The lowest BCUT2D eigenvalue weighted by Gasteiger charge is -2.35. The van der Waals surface area contributed by atoms with Crippen LogP contribution in [-0.4, -0.2) is 0 Å². The van der Waals surface area contributed by atoms with Crippen LogP contribution < -0.4 is 9.80 Å². The Bertz CT molecular complexity index is 3650.